The van der Waals surface area contributed by atoms with E-state index in [2.05, 4.69) is 15.3 Å². The van der Waals surface area contributed by atoms with Gasteiger partial charge in [0, 0.05) is 40.3 Å². The number of rotatable bonds is 5. The molecule has 0 saturated heterocycles. The van der Waals surface area contributed by atoms with Crippen molar-refractivity contribution >= 4 is 11.6 Å². The van der Waals surface area contributed by atoms with Crippen molar-refractivity contribution in [2.45, 2.75) is 6.18 Å². The van der Waals surface area contributed by atoms with Crippen molar-refractivity contribution < 1.29 is 22.7 Å². The predicted molar refractivity (Wildman–Crippen MR) is 119 cm³/mol. The Labute approximate surface area is 187 Å². The van der Waals surface area contributed by atoms with E-state index in [1.54, 1.807) is 42.6 Å². The molecule has 4 rings (SSSR count). The number of anilines is 1. The number of alkyl halides is 3. The Bertz CT molecular complexity index is 1290. The van der Waals surface area contributed by atoms with Crippen LogP contribution < -0.4 is 10.1 Å². The minimum absolute atomic E-state index is 0.00985. The molecule has 2 aromatic heterocycles. The number of amides is 1. The first kappa shape index (κ1) is 22.0. The number of carbonyl (C=O) groups excluding carboxylic acids is 1. The molecule has 0 bridgehead atoms. The molecule has 166 valence electrons. The van der Waals surface area contributed by atoms with E-state index >= 15 is 0 Å². The molecule has 1 amide bonds. The first-order chi connectivity index (χ1) is 15.9. The quantitative estimate of drug-likeness (QED) is 0.400. The Morgan fingerprint density at radius 2 is 1.70 bits per heavy atom. The van der Waals surface area contributed by atoms with E-state index in [1.807, 2.05) is 6.07 Å². The Kier molecular flexibility index (Phi) is 6.08. The molecule has 4 aromatic rings. The van der Waals surface area contributed by atoms with Gasteiger partial charge in [0.05, 0.1) is 18.4 Å². The highest BCUT2D eigenvalue weighted by molar-refractivity contribution is 6.07. The molecule has 2 aromatic carbocycles. The lowest BCUT2D eigenvalue weighted by atomic mass is 9.97. The summed E-state index contributed by atoms with van der Waals surface area (Å²) in [6.45, 7) is 0. The summed E-state index contributed by atoms with van der Waals surface area (Å²) >= 11 is 0. The number of ether oxygens (including phenoxy) is 1. The minimum Gasteiger partial charge on any atom is -0.481 e. The molecule has 0 radical (unpaired) electrons. The Morgan fingerprint density at radius 1 is 0.909 bits per heavy atom. The molecule has 1 N–H and O–H groups in total. The fraction of sp³-hybridized carbons (Fsp3) is 0.0800. The summed E-state index contributed by atoms with van der Waals surface area (Å²) in [5.41, 5.74) is 0.640. The molecule has 0 aliphatic carbocycles. The fourth-order valence-corrected chi connectivity index (χ4v) is 3.47. The number of nitrogens with zero attached hydrogens (tertiary/aromatic N) is 2. The average Bonchev–Trinajstić information content (AvgIpc) is 2.84. The standard InChI is InChI=1S/C25H18F3N3O2/c1-33-24-18(9-6-14-30-24)22-19(25(26,27)28)10-5-12-21(22)31-23(32)17-8-4-7-16(15-17)20-11-2-3-13-29-20/h2-15H,1H3,(H,31,32). The van der Waals surface area contributed by atoms with Gasteiger partial charge in [-0.25, -0.2) is 4.98 Å². The van der Waals surface area contributed by atoms with Crippen LogP contribution in [0, 0.1) is 0 Å². The lowest BCUT2D eigenvalue weighted by Crippen LogP contribution is -2.15. The number of benzene rings is 2. The Hall–Kier alpha value is -4.20. The highest BCUT2D eigenvalue weighted by Gasteiger charge is 2.36. The van der Waals surface area contributed by atoms with Crippen LogP contribution in [0.3, 0.4) is 0 Å². The summed E-state index contributed by atoms with van der Waals surface area (Å²) < 4.78 is 46.8. The van der Waals surface area contributed by atoms with Crippen LogP contribution in [0.25, 0.3) is 22.4 Å². The molecule has 0 spiro atoms. The molecule has 2 heterocycles. The van der Waals surface area contributed by atoms with Crippen molar-refractivity contribution in [1.29, 1.82) is 0 Å². The van der Waals surface area contributed by atoms with Crippen molar-refractivity contribution in [2.75, 3.05) is 12.4 Å². The van der Waals surface area contributed by atoms with E-state index < -0.39 is 17.6 Å². The van der Waals surface area contributed by atoms with Crippen LogP contribution in [0.15, 0.2) is 85.2 Å². The predicted octanol–water partition coefficient (Wildman–Crippen LogP) is 6.09. The molecule has 5 nitrogen and oxygen atoms in total. The number of aromatic nitrogens is 2. The van der Waals surface area contributed by atoms with Crippen LogP contribution in [0.4, 0.5) is 18.9 Å². The third-order valence-corrected chi connectivity index (χ3v) is 4.94. The van der Waals surface area contributed by atoms with E-state index in [-0.39, 0.29) is 28.3 Å². The maximum absolute atomic E-state index is 13.9. The molecule has 0 fully saturated rings. The third kappa shape index (κ3) is 4.69. The Balaban J connectivity index is 1.77. The number of methoxy groups -OCH3 is 1. The van der Waals surface area contributed by atoms with Crippen LogP contribution in [-0.4, -0.2) is 23.0 Å². The number of hydrogen-bond donors (Lipinski definition) is 1. The first-order valence-electron chi connectivity index (χ1n) is 9.91. The highest BCUT2D eigenvalue weighted by atomic mass is 19.4. The van der Waals surface area contributed by atoms with Gasteiger partial charge < -0.3 is 10.1 Å². The number of hydrogen-bond acceptors (Lipinski definition) is 4. The van der Waals surface area contributed by atoms with Gasteiger partial charge in [0.1, 0.15) is 0 Å². The summed E-state index contributed by atoms with van der Waals surface area (Å²) in [5.74, 6) is -0.543. The lowest BCUT2D eigenvalue weighted by molar-refractivity contribution is -0.137. The van der Waals surface area contributed by atoms with E-state index in [9.17, 15) is 18.0 Å². The second-order valence-corrected chi connectivity index (χ2v) is 7.04. The van der Waals surface area contributed by atoms with Gasteiger partial charge in [0.25, 0.3) is 5.91 Å². The Morgan fingerprint density at radius 3 is 2.42 bits per heavy atom. The zero-order valence-electron chi connectivity index (χ0n) is 17.4. The molecule has 33 heavy (non-hydrogen) atoms. The van der Waals surface area contributed by atoms with Gasteiger partial charge in [-0.1, -0.05) is 24.3 Å². The highest BCUT2D eigenvalue weighted by Crippen LogP contribution is 2.43. The van der Waals surface area contributed by atoms with Crippen LogP contribution in [0.2, 0.25) is 0 Å². The second-order valence-electron chi connectivity index (χ2n) is 7.04. The maximum atomic E-state index is 13.9. The number of carbonyl (C=O) groups is 1. The monoisotopic (exact) mass is 449 g/mol. The minimum atomic E-state index is -4.66. The lowest BCUT2D eigenvalue weighted by Gasteiger charge is -2.19. The summed E-state index contributed by atoms with van der Waals surface area (Å²) in [6.07, 6.45) is -1.60. The van der Waals surface area contributed by atoms with Gasteiger partial charge >= 0.3 is 6.18 Å². The zero-order valence-corrected chi connectivity index (χ0v) is 17.4. The third-order valence-electron chi connectivity index (χ3n) is 4.94. The smallest absolute Gasteiger partial charge is 0.417 e. The van der Waals surface area contributed by atoms with E-state index in [1.165, 1.54) is 37.6 Å². The number of nitrogens with one attached hydrogen (secondary N) is 1. The van der Waals surface area contributed by atoms with E-state index in [0.29, 0.717) is 11.3 Å². The van der Waals surface area contributed by atoms with Gasteiger partial charge in [-0.2, -0.15) is 13.2 Å². The molecular formula is C25H18F3N3O2. The average molecular weight is 449 g/mol. The molecule has 0 aliphatic heterocycles. The normalized spacial score (nSPS) is 11.2. The molecule has 0 unspecified atom stereocenters. The first-order valence-corrected chi connectivity index (χ1v) is 9.91. The van der Waals surface area contributed by atoms with Gasteiger partial charge in [0.2, 0.25) is 5.88 Å². The van der Waals surface area contributed by atoms with Gasteiger partial charge in [-0.15, -0.1) is 0 Å². The SMILES string of the molecule is COc1ncccc1-c1c(NC(=O)c2cccc(-c3ccccn3)c2)cccc1C(F)(F)F. The van der Waals surface area contributed by atoms with Gasteiger partial charge in [-0.3, -0.25) is 9.78 Å². The molecular weight excluding hydrogens is 431 g/mol. The van der Waals surface area contributed by atoms with Gasteiger partial charge in [0.15, 0.2) is 0 Å². The topological polar surface area (TPSA) is 64.1 Å². The van der Waals surface area contributed by atoms with Crippen LogP contribution in [-0.2, 0) is 6.18 Å². The van der Waals surface area contributed by atoms with Crippen molar-refractivity contribution in [3.63, 3.8) is 0 Å². The fourth-order valence-electron chi connectivity index (χ4n) is 3.47. The second kappa shape index (κ2) is 9.12. The van der Waals surface area contributed by atoms with Crippen molar-refractivity contribution in [3.05, 3.63) is 96.3 Å². The summed E-state index contributed by atoms with van der Waals surface area (Å²) in [5, 5.41) is 2.63. The van der Waals surface area contributed by atoms with Crippen LogP contribution >= 0.6 is 0 Å². The summed E-state index contributed by atoms with van der Waals surface area (Å²) in [6, 6.07) is 18.7. The van der Waals surface area contributed by atoms with E-state index in [0.717, 1.165) is 6.07 Å². The molecule has 8 heteroatoms. The molecule has 0 aliphatic rings. The summed E-state index contributed by atoms with van der Waals surface area (Å²) in [7, 11) is 1.32. The number of pyridine rings is 2. The zero-order chi connectivity index (χ0) is 23.4. The van der Waals surface area contributed by atoms with Crippen LogP contribution in [0.1, 0.15) is 15.9 Å². The molecule has 0 atom stereocenters. The molecule has 0 saturated carbocycles. The van der Waals surface area contributed by atoms with Crippen LogP contribution in [0.5, 0.6) is 5.88 Å². The largest absolute Gasteiger partial charge is 0.481 e. The number of halogens is 3. The van der Waals surface area contributed by atoms with Crippen molar-refractivity contribution in [3.8, 4) is 28.3 Å². The van der Waals surface area contributed by atoms with E-state index in [4.69, 9.17) is 4.74 Å². The summed E-state index contributed by atoms with van der Waals surface area (Å²) in [4.78, 5) is 21.3. The van der Waals surface area contributed by atoms with Gasteiger partial charge in [-0.05, 0) is 48.5 Å². The maximum Gasteiger partial charge on any atom is 0.417 e. The van der Waals surface area contributed by atoms with Crippen molar-refractivity contribution in [2.24, 2.45) is 0 Å². The van der Waals surface area contributed by atoms with Crippen molar-refractivity contribution in [1.82, 2.24) is 9.97 Å².